The molecule has 1 heterocycles. The van der Waals surface area contributed by atoms with Crippen LogP contribution in [0.2, 0.25) is 0 Å². The highest BCUT2D eigenvalue weighted by Gasteiger charge is 2.12. The second kappa shape index (κ2) is 6.55. The molecular weight excluding hydrogens is 290 g/mol. The molecule has 0 saturated carbocycles. The number of nitrogens with zero attached hydrogens (tertiary/aromatic N) is 7. The first kappa shape index (κ1) is 14.5. The summed E-state index contributed by atoms with van der Waals surface area (Å²) in [4.78, 5) is 17.5. The molecule has 0 atom stereocenters. The van der Waals surface area contributed by atoms with E-state index in [-0.39, 0.29) is 5.95 Å². The van der Waals surface area contributed by atoms with Gasteiger partial charge in [0.25, 0.3) is 0 Å². The van der Waals surface area contributed by atoms with Gasteiger partial charge in [-0.1, -0.05) is 48.5 Å². The molecule has 7 nitrogen and oxygen atoms in total. The lowest BCUT2D eigenvalue weighted by Crippen LogP contribution is -2.14. The third-order valence-electron chi connectivity index (χ3n) is 3.22. The molecule has 0 aliphatic carbocycles. The summed E-state index contributed by atoms with van der Waals surface area (Å²) >= 11 is 0. The molecule has 0 N–H and O–H groups in total. The zero-order valence-corrected chi connectivity index (χ0v) is 12.4. The van der Waals surface area contributed by atoms with Crippen LogP contribution in [0.3, 0.4) is 0 Å². The van der Waals surface area contributed by atoms with Gasteiger partial charge < -0.3 is 4.90 Å². The fourth-order valence-corrected chi connectivity index (χ4v) is 2.07. The Labute approximate surface area is 132 Å². The van der Waals surface area contributed by atoms with Crippen LogP contribution in [0, 0.1) is 0 Å². The Balaban J connectivity index is 2.10. The van der Waals surface area contributed by atoms with Gasteiger partial charge in [0.05, 0.1) is 0 Å². The average molecular weight is 303 g/mol. The summed E-state index contributed by atoms with van der Waals surface area (Å²) in [5.74, 6) is 0.910. The van der Waals surface area contributed by atoms with Gasteiger partial charge in [-0.05, 0) is 22.8 Å². The number of para-hydroxylation sites is 1. The van der Waals surface area contributed by atoms with Gasteiger partial charge in [0.15, 0.2) is 5.82 Å². The lowest BCUT2D eigenvalue weighted by Gasteiger charge is -2.17. The topological polar surface area (TPSA) is 90.7 Å². The Kier molecular flexibility index (Phi) is 4.13. The summed E-state index contributed by atoms with van der Waals surface area (Å²) in [5, 5.41) is 3.52. The zero-order valence-electron chi connectivity index (χ0n) is 12.4. The molecule has 0 fully saturated rings. The summed E-state index contributed by atoms with van der Waals surface area (Å²) in [6.45, 7) is 0. The van der Waals surface area contributed by atoms with Crippen molar-refractivity contribution in [1.82, 2.24) is 15.0 Å². The summed E-state index contributed by atoms with van der Waals surface area (Å²) < 4.78 is 0. The van der Waals surface area contributed by atoms with Gasteiger partial charge in [-0.2, -0.15) is 9.97 Å². The fourth-order valence-electron chi connectivity index (χ4n) is 2.07. The minimum atomic E-state index is 0.0409. The summed E-state index contributed by atoms with van der Waals surface area (Å²) in [7, 11) is 1.85. The Bertz CT molecular complexity index is 843. The van der Waals surface area contributed by atoms with E-state index in [1.807, 2.05) is 72.6 Å². The fraction of sp³-hybridized carbons (Fsp3) is 0.0625. The second-order valence-electron chi connectivity index (χ2n) is 4.71. The molecule has 0 aliphatic rings. The van der Waals surface area contributed by atoms with Crippen LogP contribution in [0.1, 0.15) is 0 Å². The Morgan fingerprint density at radius 1 is 0.913 bits per heavy atom. The van der Waals surface area contributed by atoms with Crippen molar-refractivity contribution >= 4 is 17.6 Å². The molecule has 2 aromatic carbocycles. The Morgan fingerprint density at radius 2 is 1.57 bits per heavy atom. The van der Waals surface area contributed by atoms with Crippen LogP contribution in [0.5, 0.6) is 0 Å². The van der Waals surface area contributed by atoms with Crippen molar-refractivity contribution in [2.45, 2.75) is 0 Å². The van der Waals surface area contributed by atoms with E-state index in [4.69, 9.17) is 5.53 Å². The smallest absolute Gasteiger partial charge is 0.233 e. The van der Waals surface area contributed by atoms with E-state index >= 15 is 0 Å². The molecule has 0 amide bonds. The van der Waals surface area contributed by atoms with Crippen molar-refractivity contribution in [3.05, 3.63) is 71.1 Å². The van der Waals surface area contributed by atoms with Crippen molar-refractivity contribution in [1.29, 1.82) is 0 Å². The maximum absolute atomic E-state index is 8.67. The molecule has 0 unspecified atom stereocenters. The minimum absolute atomic E-state index is 0.0409. The molecule has 0 spiro atoms. The summed E-state index contributed by atoms with van der Waals surface area (Å²) in [6.07, 6.45) is 0. The van der Waals surface area contributed by atoms with Gasteiger partial charge in [-0.25, -0.2) is 4.98 Å². The third kappa shape index (κ3) is 3.25. The molecule has 23 heavy (non-hydrogen) atoms. The number of aromatic nitrogens is 3. The number of hydrogen-bond donors (Lipinski definition) is 0. The molecule has 0 bridgehead atoms. The first-order valence-corrected chi connectivity index (χ1v) is 6.93. The van der Waals surface area contributed by atoms with E-state index in [1.165, 1.54) is 0 Å². The Morgan fingerprint density at radius 3 is 2.22 bits per heavy atom. The van der Waals surface area contributed by atoms with E-state index in [0.717, 1.165) is 11.3 Å². The molecule has 0 aliphatic heterocycles. The second-order valence-corrected chi connectivity index (χ2v) is 4.71. The maximum Gasteiger partial charge on any atom is 0.233 e. The predicted octanol–water partition coefficient (Wildman–Crippen LogP) is 4.25. The van der Waals surface area contributed by atoms with Crippen LogP contribution >= 0.6 is 0 Å². The molecule has 112 valence electrons. The molecule has 3 rings (SSSR count). The highest BCUT2D eigenvalue weighted by Crippen LogP contribution is 2.24. The van der Waals surface area contributed by atoms with Crippen LogP contribution in [0.15, 0.2) is 65.8 Å². The maximum atomic E-state index is 8.67. The predicted molar refractivity (Wildman–Crippen MR) is 88.6 cm³/mol. The van der Waals surface area contributed by atoms with Crippen LogP contribution < -0.4 is 4.90 Å². The minimum Gasteiger partial charge on any atom is -0.314 e. The van der Waals surface area contributed by atoms with Gasteiger partial charge in [-0.15, -0.1) is 0 Å². The van der Waals surface area contributed by atoms with Gasteiger partial charge in [0.2, 0.25) is 11.9 Å². The molecule has 7 heteroatoms. The highest BCUT2D eigenvalue weighted by molar-refractivity contribution is 5.61. The van der Waals surface area contributed by atoms with Crippen LogP contribution in [-0.4, -0.2) is 22.0 Å². The van der Waals surface area contributed by atoms with E-state index in [2.05, 4.69) is 25.0 Å². The average Bonchev–Trinajstić information content (AvgIpc) is 2.62. The summed E-state index contributed by atoms with van der Waals surface area (Å²) in [5.41, 5.74) is 10.4. The number of anilines is 2. The number of azide groups is 1. The normalized spacial score (nSPS) is 9.96. The van der Waals surface area contributed by atoms with Crippen molar-refractivity contribution < 1.29 is 0 Å². The van der Waals surface area contributed by atoms with Crippen molar-refractivity contribution in [2.24, 2.45) is 5.11 Å². The number of benzene rings is 2. The molecule has 1 aromatic heterocycles. The number of hydrogen-bond acceptors (Lipinski definition) is 5. The lowest BCUT2D eigenvalue weighted by molar-refractivity contribution is 0.984. The van der Waals surface area contributed by atoms with Gasteiger partial charge in [-0.3, -0.25) is 0 Å². The number of rotatable bonds is 4. The van der Waals surface area contributed by atoms with Gasteiger partial charge >= 0.3 is 0 Å². The molecule has 0 radical (unpaired) electrons. The van der Waals surface area contributed by atoms with Gasteiger partial charge in [0, 0.05) is 23.2 Å². The lowest BCUT2D eigenvalue weighted by atomic mass is 10.2. The van der Waals surface area contributed by atoms with Gasteiger partial charge in [0.1, 0.15) is 0 Å². The van der Waals surface area contributed by atoms with Crippen LogP contribution in [0.4, 0.5) is 17.6 Å². The quantitative estimate of drug-likeness (QED) is 0.409. The van der Waals surface area contributed by atoms with E-state index in [9.17, 15) is 0 Å². The summed E-state index contributed by atoms with van der Waals surface area (Å²) in [6, 6.07) is 19.2. The van der Waals surface area contributed by atoms with Crippen LogP contribution in [-0.2, 0) is 0 Å². The zero-order chi connectivity index (χ0) is 16.1. The highest BCUT2D eigenvalue weighted by atomic mass is 15.3. The third-order valence-corrected chi connectivity index (χ3v) is 3.22. The SMILES string of the molecule is CN(c1ccccc1)c1nc(N=[N+]=[N-])nc(-c2ccccc2)n1. The first-order chi connectivity index (χ1) is 11.3. The van der Waals surface area contributed by atoms with E-state index < -0.39 is 0 Å². The molecule has 0 saturated heterocycles. The van der Waals surface area contributed by atoms with Crippen LogP contribution in [0.25, 0.3) is 21.8 Å². The Hall–Kier alpha value is -3.44. The largest absolute Gasteiger partial charge is 0.314 e. The molecule has 3 aromatic rings. The standard InChI is InChI=1S/C16H13N7/c1-23(13-10-6-3-7-11-13)16-19-14(12-8-4-2-5-9-12)18-15(20-16)21-22-17/h2-11H,1H3. The van der Waals surface area contributed by atoms with Crippen molar-refractivity contribution in [2.75, 3.05) is 11.9 Å². The van der Waals surface area contributed by atoms with Crippen molar-refractivity contribution in [3.8, 4) is 11.4 Å². The van der Waals surface area contributed by atoms with Crippen molar-refractivity contribution in [3.63, 3.8) is 0 Å². The first-order valence-electron chi connectivity index (χ1n) is 6.93. The monoisotopic (exact) mass is 303 g/mol. The van der Waals surface area contributed by atoms with E-state index in [1.54, 1.807) is 0 Å². The van der Waals surface area contributed by atoms with E-state index in [0.29, 0.717) is 11.8 Å². The molecular formula is C16H13N7.